The fourth-order valence-corrected chi connectivity index (χ4v) is 3.05. The molecule has 0 spiro atoms. The fraction of sp³-hybridized carbons (Fsp3) is 0.625. The topological polar surface area (TPSA) is 24.5 Å². The van der Waals surface area contributed by atoms with Crippen molar-refractivity contribution >= 4 is 17.3 Å². The number of anilines is 1. The molecular weight excluding hydrogens is 272 g/mol. The van der Waals surface area contributed by atoms with Crippen LogP contribution in [0.1, 0.15) is 26.7 Å². The van der Waals surface area contributed by atoms with Crippen molar-refractivity contribution in [3.63, 3.8) is 0 Å². The number of benzene rings is 1. The zero-order valence-corrected chi connectivity index (χ0v) is 13.4. The first-order valence-electron chi connectivity index (χ1n) is 7.46. The number of nitrogens with one attached hydrogen (secondary N) is 1. The molecule has 1 atom stereocenters. The summed E-state index contributed by atoms with van der Waals surface area (Å²) in [5, 5.41) is 4.31. The van der Waals surface area contributed by atoms with E-state index in [1.807, 2.05) is 18.2 Å². The first-order valence-corrected chi connectivity index (χ1v) is 7.84. The van der Waals surface area contributed by atoms with Gasteiger partial charge in [-0.25, -0.2) is 0 Å². The van der Waals surface area contributed by atoms with Crippen LogP contribution >= 0.6 is 11.6 Å². The van der Waals surface area contributed by atoms with E-state index in [-0.39, 0.29) is 0 Å². The Bertz CT molecular complexity index is 430. The van der Waals surface area contributed by atoms with E-state index < -0.39 is 0 Å². The predicted molar refractivity (Wildman–Crippen MR) is 85.9 cm³/mol. The molecule has 1 saturated heterocycles. The van der Waals surface area contributed by atoms with E-state index in [1.165, 1.54) is 25.9 Å². The summed E-state index contributed by atoms with van der Waals surface area (Å²) in [4.78, 5) is 2.52. The van der Waals surface area contributed by atoms with Crippen LogP contribution in [-0.4, -0.2) is 37.7 Å². The Kier molecular flexibility index (Phi) is 5.55. The van der Waals surface area contributed by atoms with Crippen molar-refractivity contribution in [2.45, 2.75) is 32.7 Å². The maximum absolute atomic E-state index is 6.26. The van der Waals surface area contributed by atoms with Gasteiger partial charge >= 0.3 is 0 Å². The van der Waals surface area contributed by atoms with Gasteiger partial charge in [0.25, 0.3) is 0 Å². The molecule has 0 radical (unpaired) electrons. The van der Waals surface area contributed by atoms with Crippen molar-refractivity contribution in [3.8, 4) is 5.75 Å². The lowest BCUT2D eigenvalue weighted by Gasteiger charge is -2.35. The second kappa shape index (κ2) is 7.19. The Labute approximate surface area is 127 Å². The van der Waals surface area contributed by atoms with Crippen LogP contribution in [-0.2, 0) is 0 Å². The zero-order valence-electron chi connectivity index (χ0n) is 12.7. The van der Waals surface area contributed by atoms with Crippen LogP contribution in [0.25, 0.3) is 0 Å². The maximum atomic E-state index is 6.26. The van der Waals surface area contributed by atoms with Gasteiger partial charge in [-0.3, -0.25) is 0 Å². The van der Waals surface area contributed by atoms with E-state index >= 15 is 0 Å². The van der Waals surface area contributed by atoms with Crippen molar-refractivity contribution < 1.29 is 4.74 Å². The van der Waals surface area contributed by atoms with Crippen molar-refractivity contribution in [1.82, 2.24) is 4.90 Å². The highest BCUT2D eigenvalue weighted by atomic mass is 35.5. The highest BCUT2D eigenvalue weighted by Gasteiger charge is 2.23. The Hall–Kier alpha value is -0.930. The summed E-state index contributed by atoms with van der Waals surface area (Å²) in [6.45, 7) is 8.06. The lowest BCUT2D eigenvalue weighted by molar-refractivity contribution is 0.183. The number of likely N-dealkylation sites (tertiary alicyclic amines) is 1. The monoisotopic (exact) mass is 296 g/mol. The molecule has 0 aromatic heterocycles. The van der Waals surface area contributed by atoms with Gasteiger partial charge in [-0.2, -0.15) is 0 Å². The number of ether oxygens (including phenoxy) is 1. The molecule has 1 aromatic rings. The minimum absolute atomic E-state index is 0.429. The van der Waals surface area contributed by atoms with Crippen LogP contribution in [0.2, 0.25) is 5.02 Å². The van der Waals surface area contributed by atoms with Gasteiger partial charge in [0.2, 0.25) is 0 Å². The summed E-state index contributed by atoms with van der Waals surface area (Å²) < 4.78 is 5.26. The number of nitrogens with zero attached hydrogens (tertiary/aromatic N) is 1. The molecule has 1 fully saturated rings. The molecule has 2 rings (SSSR count). The number of hydrogen-bond donors (Lipinski definition) is 1. The molecule has 1 aliphatic heterocycles. The normalized spacial score (nSPS) is 18.8. The molecule has 3 nitrogen and oxygen atoms in total. The van der Waals surface area contributed by atoms with Crippen LogP contribution in [0.3, 0.4) is 0 Å². The van der Waals surface area contributed by atoms with E-state index in [0.29, 0.717) is 12.0 Å². The summed E-state index contributed by atoms with van der Waals surface area (Å²) in [7, 11) is 1.68. The summed E-state index contributed by atoms with van der Waals surface area (Å²) in [5.41, 5.74) is 0.969. The molecule has 20 heavy (non-hydrogen) atoms. The molecule has 0 bridgehead atoms. The van der Waals surface area contributed by atoms with Gasteiger partial charge < -0.3 is 15.0 Å². The molecule has 0 aliphatic carbocycles. The first kappa shape index (κ1) is 15.5. The number of halogens is 1. The van der Waals surface area contributed by atoms with E-state index in [9.17, 15) is 0 Å². The average molecular weight is 297 g/mol. The quantitative estimate of drug-likeness (QED) is 0.892. The fourth-order valence-electron chi connectivity index (χ4n) is 2.87. The predicted octanol–water partition coefficient (Wildman–Crippen LogP) is 3.88. The molecule has 1 heterocycles. The van der Waals surface area contributed by atoms with E-state index in [4.69, 9.17) is 16.3 Å². The van der Waals surface area contributed by atoms with Gasteiger partial charge in [-0.1, -0.05) is 18.5 Å². The third kappa shape index (κ3) is 3.80. The van der Waals surface area contributed by atoms with Crippen LogP contribution < -0.4 is 10.1 Å². The third-order valence-electron chi connectivity index (χ3n) is 4.34. The van der Waals surface area contributed by atoms with Crippen molar-refractivity contribution in [1.29, 1.82) is 0 Å². The first-order chi connectivity index (χ1) is 9.63. The largest absolute Gasteiger partial charge is 0.497 e. The summed E-state index contributed by atoms with van der Waals surface area (Å²) in [6.07, 6.45) is 2.51. The molecule has 0 amide bonds. The van der Waals surface area contributed by atoms with Crippen molar-refractivity contribution in [2.75, 3.05) is 32.1 Å². The number of methoxy groups -OCH3 is 1. The van der Waals surface area contributed by atoms with Gasteiger partial charge in [-0.05, 0) is 57.5 Å². The Morgan fingerprint density at radius 3 is 2.70 bits per heavy atom. The Morgan fingerprint density at radius 1 is 1.40 bits per heavy atom. The molecule has 1 aromatic carbocycles. The van der Waals surface area contributed by atoms with E-state index in [1.54, 1.807) is 7.11 Å². The zero-order chi connectivity index (χ0) is 14.5. The SMILES string of the molecule is CCN1CCC(C(C)Nc2cc(OC)ccc2Cl)CC1. The number of rotatable bonds is 5. The number of hydrogen-bond acceptors (Lipinski definition) is 3. The molecule has 1 N–H and O–H groups in total. The van der Waals surface area contributed by atoms with Gasteiger partial charge in [0.05, 0.1) is 17.8 Å². The van der Waals surface area contributed by atoms with Gasteiger partial charge in [0.1, 0.15) is 5.75 Å². The van der Waals surface area contributed by atoms with Gasteiger partial charge in [-0.15, -0.1) is 0 Å². The summed E-state index contributed by atoms with van der Waals surface area (Å²) >= 11 is 6.26. The standard InChI is InChI=1S/C16H25ClN2O/c1-4-19-9-7-13(8-10-19)12(2)18-16-11-14(20-3)5-6-15(16)17/h5-6,11-13,18H,4,7-10H2,1-3H3. The van der Waals surface area contributed by atoms with Crippen molar-refractivity contribution in [3.05, 3.63) is 23.2 Å². The average Bonchev–Trinajstić information content (AvgIpc) is 2.49. The Balaban J connectivity index is 1.96. The van der Waals surface area contributed by atoms with Crippen LogP contribution in [0.5, 0.6) is 5.75 Å². The van der Waals surface area contributed by atoms with E-state index in [2.05, 4.69) is 24.1 Å². The van der Waals surface area contributed by atoms with Crippen molar-refractivity contribution in [2.24, 2.45) is 5.92 Å². The maximum Gasteiger partial charge on any atom is 0.121 e. The molecule has 1 unspecified atom stereocenters. The smallest absolute Gasteiger partial charge is 0.121 e. The van der Waals surface area contributed by atoms with Crippen LogP contribution in [0, 0.1) is 5.92 Å². The van der Waals surface area contributed by atoms with Gasteiger partial charge in [0, 0.05) is 12.1 Å². The highest BCUT2D eigenvalue weighted by molar-refractivity contribution is 6.33. The molecule has 112 valence electrons. The minimum Gasteiger partial charge on any atom is -0.497 e. The Morgan fingerprint density at radius 2 is 2.10 bits per heavy atom. The molecule has 4 heteroatoms. The summed E-state index contributed by atoms with van der Waals surface area (Å²) in [6, 6.07) is 6.17. The van der Waals surface area contributed by atoms with Gasteiger partial charge in [0.15, 0.2) is 0 Å². The lowest BCUT2D eigenvalue weighted by Crippen LogP contribution is -2.39. The molecular formula is C16H25ClN2O. The van der Waals surface area contributed by atoms with E-state index in [0.717, 1.165) is 23.0 Å². The summed E-state index contributed by atoms with van der Waals surface area (Å²) in [5.74, 6) is 1.55. The number of piperidine rings is 1. The molecule has 1 aliphatic rings. The third-order valence-corrected chi connectivity index (χ3v) is 4.67. The second-order valence-corrected chi connectivity index (χ2v) is 5.96. The highest BCUT2D eigenvalue weighted by Crippen LogP contribution is 2.30. The second-order valence-electron chi connectivity index (χ2n) is 5.55. The van der Waals surface area contributed by atoms with Crippen LogP contribution in [0.15, 0.2) is 18.2 Å². The minimum atomic E-state index is 0.429. The lowest BCUT2D eigenvalue weighted by atomic mass is 9.90. The molecule has 0 saturated carbocycles. The van der Waals surface area contributed by atoms with Crippen LogP contribution in [0.4, 0.5) is 5.69 Å².